The Bertz CT molecular complexity index is 1530. The molecule has 1 aliphatic carbocycles. The molecule has 12 heteroatoms. The number of aromatic hydroxyl groups is 1. The number of phenols is 1. The van der Waals surface area contributed by atoms with E-state index in [1.165, 1.54) is 12.3 Å². The van der Waals surface area contributed by atoms with E-state index in [1.807, 2.05) is 0 Å². The van der Waals surface area contributed by atoms with Gasteiger partial charge < -0.3 is 35.3 Å². The van der Waals surface area contributed by atoms with Crippen molar-refractivity contribution in [3.63, 3.8) is 0 Å². The van der Waals surface area contributed by atoms with Crippen molar-refractivity contribution in [3.05, 3.63) is 34.6 Å². The lowest BCUT2D eigenvalue weighted by Gasteiger charge is -2.30. The highest BCUT2D eigenvalue weighted by Gasteiger charge is 2.40. The minimum atomic E-state index is -0.378. The molecule has 9 nitrogen and oxygen atoms in total. The zero-order chi connectivity index (χ0) is 28.2. The Kier molecular flexibility index (Phi) is 7.41. The SMILES string of the molecule is Cc1c(F)cc(NPI)c(C=N)c1-c1c(C2CC2)cc2c(N3CC4CC3CN4)nc(OC3CCOCC3)nc2c1O. The van der Waals surface area contributed by atoms with E-state index in [0.29, 0.717) is 65.1 Å². The smallest absolute Gasteiger partial charge is 0.319 e. The topological polar surface area (TPSA) is 116 Å². The van der Waals surface area contributed by atoms with Crippen molar-refractivity contribution < 1.29 is 19.0 Å². The van der Waals surface area contributed by atoms with Crippen LogP contribution >= 0.6 is 28.4 Å². The number of phenolic OH excluding ortho intramolecular Hbond substituents is 1. The fourth-order valence-electron chi connectivity index (χ4n) is 6.64. The first-order chi connectivity index (χ1) is 20.0. The van der Waals surface area contributed by atoms with Crippen LogP contribution in [0.2, 0.25) is 0 Å². The average molecular weight is 690 g/mol. The average Bonchev–Trinajstić information content (AvgIpc) is 3.60. The van der Waals surface area contributed by atoms with Crippen LogP contribution in [0.4, 0.5) is 15.9 Å². The van der Waals surface area contributed by atoms with E-state index in [2.05, 4.69) is 43.4 Å². The first-order valence-electron chi connectivity index (χ1n) is 14.2. The van der Waals surface area contributed by atoms with E-state index in [4.69, 9.17) is 24.9 Å². The summed E-state index contributed by atoms with van der Waals surface area (Å²) in [6.45, 7) is 4.71. The van der Waals surface area contributed by atoms with Crippen molar-refractivity contribution in [1.29, 1.82) is 5.41 Å². The Morgan fingerprint density at radius 3 is 2.71 bits per heavy atom. The maximum Gasteiger partial charge on any atom is 0.319 e. The Morgan fingerprint density at radius 2 is 2.05 bits per heavy atom. The molecule has 4 N–H and O–H groups in total. The summed E-state index contributed by atoms with van der Waals surface area (Å²) >= 11 is 2.19. The van der Waals surface area contributed by atoms with E-state index >= 15 is 4.39 Å². The third-order valence-corrected chi connectivity index (χ3v) is 10.1. The van der Waals surface area contributed by atoms with Gasteiger partial charge in [-0.05, 0) is 77.4 Å². The summed E-state index contributed by atoms with van der Waals surface area (Å²) in [4.78, 5) is 12.1. The molecule has 1 aromatic heterocycles. The molecule has 0 amide bonds. The van der Waals surface area contributed by atoms with E-state index in [9.17, 15) is 5.11 Å². The molecule has 3 saturated heterocycles. The molecule has 4 heterocycles. The summed E-state index contributed by atoms with van der Waals surface area (Å²) in [5, 5.41) is 28.0. The molecule has 7 rings (SSSR count). The Balaban J connectivity index is 1.47. The van der Waals surface area contributed by atoms with Crippen LogP contribution in [0.3, 0.4) is 0 Å². The van der Waals surface area contributed by atoms with Crippen molar-refractivity contribution in [1.82, 2.24) is 15.3 Å². The summed E-state index contributed by atoms with van der Waals surface area (Å²) in [7, 11) is 0. The van der Waals surface area contributed by atoms with Crippen LogP contribution in [-0.2, 0) is 4.74 Å². The van der Waals surface area contributed by atoms with Crippen LogP contribution in [0.5, 0.6) is 11.8 Å². The number of aromatic nitrogens is 2. The van der Waals surface area contributed by atoms with E-state index in [0.717, 1.165) is 62.0 Å². The number of hydrogen-bond acceptors (Lipinski definition) is 9. The highest BCUT2D eigenvalue weighted by Crippen LogP contribution is 2.53. The minimum absolute atomic E-state index is 0.00738. The van der Waals surface area contributed by atoms with Crippen LogP contribution in [-0.4, -0.2) is 65.8 Å². The second-order valence-corrected chi connectivity index (χ2v) is 13.5. The number of ether oxygens (including phenoxy) is 2. The lowest BCUT2D eigenvalue weighted by atomic mass is 9.87. The fourth-order valence-corrected chi connectivity index (χ4v) is 7.82. The van der Waals surface area contributed by atoms with Gasteiger partial charge in [0.1, 0.15) is 29.0 Å². The van der Waals surface area contributed by atoms with Crippen LogP contribution in [0, 0.1) is 18.2 Å². The van der Waals surface area contributed by atoms with Gasteiger partial charge in [-0.25, -0.2) is 4.39 Å². The third-order valence-electron chi connectivity index (χ3n) is 8.88. The van der Waals surface area contributed by atoms with Gasteiger partial charge in [0, 0.05) is 72.7 Å². The molecule has 2 aromatic carbocycles. The summed E-state index contributed by atoms with van der Waals surface area (Å²) < 4.78 is 27.2. The molecule has 41 heavy (non-hydrogen) atoms. The molecule has 1 saturated carbocycles. The Hall–Kier alpha value is -2.34. The predicted octanol–water partition coefficient (Wildman–Crippen LogP) is 5.79. The van der Waals surface area contributed by atoms with Crippen LogP contribution in [0.25, 0.3) is 22.0 Å². The van der Waals surface area contributed by atoms with Crippen molar-refractivity contribution in [2.24, 2.45) is 0 Å². The van der Waals surface area contributed by atoms with Crippen molar-refractivity contribution in [2.45, 2.75) is 63.1 Å². The van der Waals surface area contributed by atoms with E-state index in [-0.39, 0.29) is 29.6 Å². The first-order valence-corrected chi connectivity index (χ1v) is 18.4. The van der Waals surface area contributed by atoms with Gasteiger partial charge in [0.2, 0.25) is 0 Å². The Labute approximate surface area is 252 Å². The standard InChI is InChI=1S/C29H33FIN6O3P/c1-14-22(30)10-23(36-41-31)21(11-32)24(14)25-19(15-2-3-15)9-20-26(27(25)38)34-29(40-18-4-6-39-7-5-18)35-28(20)37-13-16-8-17(37)12-33-16/h9-11,15-18,32-33,36,38,41H,2-8,12-13H2,1H3. The van der Waals surface area contributed by atoms with Gasteiger partial charge in [0.25, 0.3) is 0 Å². The van der Waals surface area contributed by atoms with Gasteiger partial charge in [0.15, 0.2) is 0 Å². The molecule has 0 radical (unpaired) electrons. The number of nitrogens with zero attached hydrogens (tertiary/aromatic N) is 3. The molecule has 4 aliphatic rings. The van der Waals surface area contributed by atoms with Crippen LogP contribution < -0.4 is 20.0 Å². The summed E-state index contributed by atoms with van der Waals surface area (Å²) in [5.74, 6) is 0.641. The van der Waals surface area contributed by atoms with Crippen molar-refractivity contribution >= 4 is 57.0 Å². The third kappa shape index (κ3) is 4.92. The number of anilines is 2. The molecule has 0 spiro atoms. The number of rotatable bonds is 8. The molecule has 2 bridgehead atoms. The maximum absolute atomic E-state index is 15.4. The van der Waals surface area contributed by atoms with Crippen molar-refractivity contribution in [3.8, 4) is 22.9 Å². The summed E-state index contributed by atoms with van der Waals surface area (Å²) in [6.07, 6.45) is 6.04. The van der Waals surface area contributed by atoms with Gasteiger partial charge in [-0.1, -0.05) is 0 Å². The molecular weight excluding hydrogens is 657 g/mol. The predicted molar refractivity (Wildman–Crippen MR) is 169 cm³/mol. The van der Waals surface area contributed by atoms with Gasteiger partial charge in [-0.15, -0.1) is 0 Å². The van der Waals surface area contributed by atoms with Crippen LogP contribution in [0.15, 0.2) is 12.1 Å². The second-order valence-electron chi connectivity index (χ2n) is 11.4. The normalized spacial score (nSPS) is 22.8. The number of halogens is 2. The first kappa shape index (κ1) is 27.5. The van der Waals surface area contributed by atoms with Gasteiger partial charge in [-0.3, -0.25) is 0 Å². The lowest BCUT2D eigenvalue weighted by molar-refractivity contribution is 0.0219. The molecule has 3 atom stereocenters. The van der Waals surface area contributed by atoms with E-state index < -0.39 is 0 Å². The van der Waals surface area contributed by atoms with Crippen LogP contribution in [0.1, 0.15) is 54.7 Å². The lowest BCUT2D eigenvalue weighted by Crippen LogP contribution is -2.44. The second kappa shape index (κ2) is 11.1. The molecule has 3 aromatic rings. The zero-order valence-corrected chi connectivity index (χ0v) is 25.9. The quantitative estimate of drug-likeness (QED) is 0.134. The minimum Gasteiger partial charge on any atom is -0.505 e. The highest BCUT2D eigenvalue weighted by atomic mass is 127. The highest BCUT2D eigenvalue weighted by molar-refractivity contribution is 14.2. The molecule has 3 unspecified atom stereocenters. The van der Waals surface area contributed by atoms with Gasteiger partial charge in [0.05, 0.1) is 18.9 Å². The molecule has 3 aliphatic heterocycles. The fraction of sp³-hybridized carbons (Fsp3) is 0.483. The number of fused-ring (bicyclic) bond motifs is 3. The van der Waals surface area contributed by atoms with Gasteiger partial charge in [-0.2, -0.15) is 9.97 Å². The summed E-state index contributed by atoms with van der Waals surface area (Å²) in [6, 6.07) is 4.52. The zero-order valence-electron chi connectivity index (χ0n) is 22.8. The van der Waals surface area contributed by atoms with Gasteiger partial charge >= 0.3 is 6.01 Å². The molecular formula is C29H33FIN6O3P. The number of benzene rings is 2. The Morgan fingerprint density at radius 1 is 1.24 bits per heavy atom. The van der Waals surface area contributed by atoms with Crippen molar-refractivity contribution in [2.75, 3.05) is 36.3 Å². The largest absolute Gasteiger partial charge is 0.505 e. The maximum atomic E-state index is 15.4. The van der Waals surface area contributed by atoms with E-state index in [1.54, 1.807) is 6.92 Å². The monoisotopic (exact) mass is 690 g/mol. The summed E-state index contributed by atoms with van der Waals surface area (Å²) in [5.41, 5.74) is 3.95. The number of nitrogens with one attached hydrogen (secondary N) is 3. The number of piperazine rings is 1. The molecule has 216 valence electrons. The number of hydrogen-bond donors (Lipinski definition) is 4. The molecule has 4 fully saturated rings.